The quantitative estimate of drug-likeness (QED) is 0.499. The largest absolute Gasteiger partial charge is 0.507 e. The number of unbranched alkanes of at least 4 members (excludes halogenated alkanes) is 3. The molecule has 0 atom stereocenters. The summed E-state index contributed by atoms with van der Waals surface area (Å²) in [5, 5.41) is 18.5. The van der Waals surface area contributed by atoms with Crippen LogP contribution in [0.4, 0.5) is 0 Å². The lowest BCUT2D eigenvalue weighted by Crippen LogP contribution is -2.14. The predicted octanol–water partition coefficient (Wildman–Crippen LogP) is 3.90. The Kier molecular flexibility index (Phi) is 8.33. The molecule has 2 N–H and O–H groups in total. The van der Waals surface area contributed by atoms with E-state index in [4.69, 9.17) is 14.6 Å². The summed E-state index contributed by atoms with van der Waals surface area (Å²) >= 11 is 0. The Morgan fingerprint density at radius 1 is 0.931 bits per heavy atom. The van der Waals surface area contributed by atoms with Crippen molar-refractivity contribution in [2.75, 3.05) is 19.0 Å². The summed E-state index contributed by atoms with van der Waals surface area (Å²) in [6, 6.07) is 9.98. The van der Waals surface area contributed by atoms with Crippen molar-refractivity contribution in [1.82, 2.24) is 0 Å². The van der Waals surface area contributed by atoms with E-state index in [9.17, 15) is 18.3 Å². The van der Waals surface area contributed by atoms with Gasteiger partial charge in [-0.3, -0.25) is 0 Å². The Balaban J connectivity index is 1.86. The Morgan fingerprint density at radius 2 is 1.59 bits per heavy atom. The number of carboxylic acid groups (broad SMARTS) is 1. The van der Waals surface area contributed by atoms with Crippen molar-refractivity contribution < 1.29 is 32.9 Å². The third kappa shape index (κ3) is 6.98. The number of hydrogen-bond acceptors (Lipinski definition) is 6. The number of rotatable bonds is 12. The van der Waals surface area contributed by atoms with Gasteiger partial charge >= 0.3 is 5.97 Å². The number of carbonyl (C=O) groups is 1. The maximum atomic E-state index is 12.4. The van der Waals surface area contributed by atoms with Crippen LogP contribution in [0.2, 0.25) is 0 Å². The number of benzene rings is 2. The molecule has 0 saturated heterocycles. The van der Waals surface area contributed by atoms with Gasteiger partial charge in [-0.05, 0) is 42.8 Å². The first-order chi connectivity index (χ1) is 13.8. The lowest BCUT2D eigenvalue weighted by Gasteiger charge is -2.10. The molecule has 0 saturated carbocycles. The third-order valence-electron chi connectivity index (χ3n) is 4.27. The maximum Gasteiger partial charge on any atom is 0.339 e. The molecular weight excluding hydrogens is 396 g/mol. The second-order valence-electron chi connectivity index (χ2n) is 6.53. The molecule has 2 rings (SSSR count). The van der Waals surface area contributed by atoms with E-state index in [1.807, 2.05) is 0 Å². The smallest absolute Gasteiger partial charge is 0.339 e. The molecule has 0 aliphatic carbocycles. The standard InChI is InChI=1S/C21H26O7S/c1-2-3-4-5-12-27-16-6-9-18(10-7-16)29(25,26)14-13-28-17-8-11-19(21(23)24)20(22)15-17/h6-11,15,22H,2-5,12-14H2,1H3,(H,23,24). The first-order valence-corrected chi connectivity index (χ1v) is 11.1. The van der Waals surface area contributed by atoms with Gasteiger partial charge in [-0.2, -0.15) is 0 Å². The molecule has 0 aliphatic rings. The Hall–Kier alpha value is -2.74. The number of carboxylic acids is 1. The summed E-state index contributed by atoms with van der Waals surface area (Å²) in [6.45, 7) is 2.61. The minimum Gasteiger partial charge on any atom is -0.507 e. The van der Waals surface area contributed by atoms with Gasteiger partial charge in [0.25, 0.3) is 0 Å². The second-order valence-corrected chi connectivity index (χ2v) is 8.64. The highest BCUT2D eigenvalue weighted by Gasteiger charge is 2.15. The topological polar surface area (TPSA) is 110 Å². The van der Waals surface area contributed by atoms with E-state index in [2.05, 4.69) is 6.92 Å². The summed E-state index contributed by atoms with van der Waals surface area (Å²) in [6.07, 6.45) is 4.41. The van der Waals surface area contributed by atoms with Crippen molar-refractivity contribution >= 4 is 15.8 Å². The molecule has 0 unspecified atom stereocenters. The third-order valence-corrected chi connectivity index (χ3v) is 5.96. The molecule has 29 heavy (non-hydrogen) atoms. The molecular formula is C21H26O7S. The molecule has 0 aliphatic heterocycles. The summed E-state index contributed by atoms with van der Waals surface area (Å²) in [5.74, 6) is -1.14. The summed E-state index contributed by atoms with van der Waals surface area (Å²) in [7, 11) is -3.55. The molecule has 2 aromatic rings. The van der Waals surface area contributed by atoms with Crippen molar-refractivity contribution in [2.45, 2.75) is 37.5 Å². The van der Waals surface area contributed by atoms with Crippen LogP contribution in [0.15, 0.2) is 47.4 Å². The molecule has 0 fully saturated rings. The highest BCUT2D eigenvalue weighted by atomic mass is 32.2. The van der Waals surface area contributed by atoms with Gasteiger partial charge < -0.3 is 19.7 Å². The Bertz CT molecular complexity index is 905. The van der Waals surface area contributed by atoms with Gasteiger partial charge in [0.15, 0.2) is 9.84 Å². The zero-order chi connectivity index (χ0) is 21.3. The SMILES string of the molecule is CCCCCCOc1ccc(S(=O)(=O)CCOc2ccc(C(=O)O)c(O)c2)cc1. The van der Waals surface area contributed by atoms with E-state index in [-0.39, 0.29) is 28.6 Å². The van der Waals surface area contributed by atoms with E-state index in [1.165, 1.54) is 30.7 Å². The molecule has 7 nitrogen and oxygen atoms in total. The van der Waals surface area contributed by atoms with Crippen molar-refractivity contribution in [3.05, 3.63) is 48.0 Å². The summed E-state index contributed by atoms with van der Waals surface area (Å²) < 4.78 is 35.8. The van der Waals surface area contributed by atoms with Crippen LogP contribution in [0.25, 0.3) is 0 Å². The molecule has 2 aromatic carbocycles. The average molecular weight is 422 g/mol. The molecule has 8 heteroatoms. The molecule has 158 valence electrons. The van der Waals surface area contributed by atoms with Crippen LogP contribution < -0.4 is 9.47 Å². The first-order valence-electron chi connectivity index (χ1n) is 9.48. The lowest BCUT2D eigenvalue weighted by molar-refractivity contribution is 0.0693. The fourth-order valence-corrected chi connectivity index (χ4v) is 3.72. The summed E-state index contributed by atoms with van der Waals surface area (Å²) in [4.78, 5) is 11.0. The number of ether oxygens (including phenoxy) is 2. The van der Waals surface area contributed by atoms with Crippen LogP contribution in [0.1, 0.15) is 43.0 Å². The zero-order valence-electron chi connectivity index (χ0n) is 16.3. The van der Waals surface area contributed by atoms with Crippen LogP contribution in [-0.4, -0.2) is 43.6 Å². The molecule has 0 radical (unpaired) electrons. The first kappa shape index (κ1) is 22.5. The predicted molar refractivity (Wildman–Crippen MR) is 109 cm³/mol. The number of aromatic carboxylic acids is 1. The van der Waals surface area contributed by atoms with Gasteiger partial charge in [-0.25, -0.2) is 13.2 Å². The number of phenols is 1. The van der Waals surface area contributed by atoms with Crippen LogP contribution in [-0.2, 0) is 9.84 Å². The van der Waals surface area contributed by atoms with E-state index in [1.54, 1.807) is 12.1 Å². The van der Waals surface area contributed by atoms with Crippen LogP contribution in [0, 0.1) is 0 Å². The lowest BCUT2D eigenvalue weighted by atomic mass is 10.2. The average Bonchev–Trinajstić information content (AvgIpc) is 2.68. The molecule has 0 bridgehead atoms. The van der Waals surface area contributed by atoms with Crippen LogP contribution in [0.5, 0.6) is 17.2 Å². The molecule has 0 heterocycles. The highest BCUT2D eigenvalue weighted by Crippen LogP contribution is 2.24. The van der Waals surface area contributed by atoms with E-state index >= 15 is 0 Å². The van der Waals surface area contributed by atoms with Gasteiger partial charge in [0.2, 0.25) is 0 Å². The van der Waals surface area contributed by atoms with Crippen molar-refractivity contribution in [1.29, 1.82) is 0 Å². The van der Waals surface area contributed by atoms with Gasteiger partial charge in [-0.1, -0.05) is 26.2 Å². The second kappa shape index (κ2) is 10.7. The monoisotopic (exact) mass is 422 g/mol. The number of aromatic hydroxyl groups is 1. The number of hydrogen-bond donors (Lipinski definition) is 2. The minimum absolute atomic E-state index is 0.135. The van der Waals surface area contributed by atoms with Crippen molar-refractivity contribution in [2.24, 2.45) is 0 Å². The van der Waals surface area contributed by atoms with E-state index in [0.29, 0.717) is 12.4 Å². The van der Waals surface area contributed by atoms with Gasteiger partial charge in [0.05, 0.1) is 17.3 Å². The summed E-state index contributed by atoms with van der Waals surface area (Å²) in [5.41, 5.74) is -0.252. The highest BCUT2D eigenvalue weighted by molar-refractivity contribution is 7.91. The van der Waals surface area contributed by atoms with Gasteiger partial charge in [0, 0.05) is 6.07 Å². The fourth-order valence-electron chi connectivity index (χ4n) is 2.63. The molecule has 0 aromatic heterocycles. The van der Waals surface area contributed by atoms with E-state index in [0.717, 1.165) is 25.3 Å². The molecule has 0 amide bonds. The minimum atomic E-state index is -3.55. The fraction of sp³-hybridized carbons (Fsp3) is 0.381. The van der Waals surface area contributed by atoms with Gasteiger partial charge in [0.1, 0.15) is 29.4 Å². The Morgan fingerprint density at radius 3 is 2.21 bits per heavy atom. The molecule has 0 spiro atoms. The van der Waals surface area contributed by atoms with E-state index < -0.39 is 21.6 Å². The Labute approximate surface area is 170 Å². The maximum absolute atomic E-state index is 12.4. The van der Waals surface area contributed by atoms with Crippen molar-refractivity contribution in [3.8, 4) is 17.2 Å². The van der Waals surface area contributed by atoms with Crippen LogP contribution >= 0.6 is 0 Å². The normalized spacial score (nSPS) is 11.2. The zero-order valence-corrected chi connectivity index (χ0v) is 17.2. The van der Waals surface area contributed by atoms with Gasteiger partial charge in [-0.15, -0.1) is 0 Å². The van der Waals surface area contributed by atoms with Crippen LogP contribution in [0.3, 0.4) is 0 Å². The van der Waals surface area contributed by atoms with Crippen molar-refractivity contribution in [3.63, 3.8) is 0 Å². The number of sulfone groups is 1.